The molecule has 0 spiro atoms. The Morgan fingerprint density at radius 1 is 1.33 bits per heavy atom. The van der Waals surface area contributed by atoms with E-state index in [4.69, 9.17) is 4.74 Å². The van der Waals surface area contributed by atoms with Crippen LogP contribution in [0.1, 0.15) is 43.0 Å². The van der Waals surface area contributed by atoms with Crippen LogP contribution in [0.2, 0.25) is 0 Å². The lowest BCUT2D eigenvalue weighted by atomic mass is 10.0. The van der Waals surface area contributed by atoms with E-state index >= 15 is 0 Å². The van der Waals surface area contributed by atoms with E-state index in [-0.39, 0.29) is 12.4 Å². The summed E-state index contributed by atoms with van der Waals surface area (Å²) in [6, 6.07) is 7.40. The van der Waals surface area contributed by atoms with Gasteiger partial charge in [0.05, 0.1) is 12.2 Å². The molecule has 0 bridgehead atoms. The third-order valence-electron chi connectivity index (χ3n) is 3.91. The molecule has 4 heteroatoms. The van der Waals surface area contributed by atoms with Crippen molar-refractivity contribution in [2.24, 2.45) is 5.92 Å². The van der Waals surface area contributed by atoms with Gasteiger partial charge in [-0.3, -0.25) is 4.79 Å². The molecule has 21 heavy (non-hydrogen) atoms. The SMILES string of the molecule is CC1CCCN(CCCCOc2ccccc2C=O)C1.Cl. The Morgan fingerprint density at radius 3 is 2.90 bits per heavy atom. The van der Waals surface area contributed by atoms with E-state index < -0.39 is 0 Å². The standard InChI is InChI=1S/C17H25NO2.ClH/c1-15-7-6-11-18(13-15)10-4-5-12-20-17-9-3-2-8-16(17)14-19;/h2-3,8-9,14-15H,4-7,10-13H2,1H3;1H. The molecule has 0 N–H and O–H groups in total. The van der Waals surface area contributed by atoms with E-state index in [9.17, 15) is 4.79 Å². The second-order valence-electron chi connectivity index (χ2n) is 5.76. The third-order valence-corrected chi connectivity index (χ3v) is 3.91. The fourth-order valence-electron chi connectivity index (χ4n) is 2.82. The molecule has 1 heterocycles. The maximum absolute atomic E-state index is 10.9. The fourth-order valence-corrected chi connectivity index (χ4v) is 2.82. The van der Waals surface area contributed by atoms with Crippen molar-refractivity contribution >= 4 is 18.7 Å². The number of para-hydroxylation sites is 1. The van der Waals surface area contributed by atoms with Crippen molar-refractivity contribution in [3.05, 3.63) is 29.8 Å². The number of carbonyl (C=O) groups excluding carboxylic acids is 1. The van der Waals surface area contributed by atoms with Gasteiger partial charge in [-0.25, -0.2) is 0 Å². The first-order chi connectivity index (χ1) is 9.79. The molecule has 0 amide bonds. The number of carbonyl (C=O) groups is 1. The van der Waals surface area contributed by atoms with Crippen molar-refractivity contribution < 1.29 is 9.53 Å². The minimum absolute atomic E-state index is 0. The lowest BCUT2D eigenvalue weighted by molar-refractivity contribution is 0.111. The number of hydrogen-bond donors (Lipinski definition) is 0. The maximum Gasteiger partial charge on any atom is 0.153 e. The first-order valence-electron chi connectivity index (χ1n) is 7.69. The van der Waals surface area contributed by atoms with Crippen molar-refractivity contribution in [1.82, 2.24) is 4.90 Å². The Morgan fingerprint density at radius 2 is 2.14 bits per heavy atom. The highest BCUT2D eigenvalue weighted by atomic mass is 35.5. The number of rotatable bonds is 7. The molecule has 1 unspecified atom stereocenters. The third kappa shape index (κ3) is 6.06. The lowest BCUT2D eigenvalue weighted by Crippen LogP contribution is -2.35. The normalized spacial score (nSPS) is 18.8. The summed E-state index contributed by atoms with van der Waals surface area (Å²) in [5.74, 6) is 1.55. The highest BCUT2D eigenvalue weighted by molar-refractivity contribution is 5.85. The molecule has 1 atom stereocenters. The van der Waals surface area contributed by atoms with Crippen molar-refractivity contribution in [3.63, 3.8) is 0 Å². The van der Waals surface area contributed by atoms with Crippen molar-refractivity contribution in [2.75, 3.05) is 26.2 Å². The first kappa shape index (κ1) is 18.0. The zero-order valence-corrected chi connectivity index (χ0v) is 13.6. The van der Waals surface area contributed by atoms with Gasteiger partial charge in [0.1, 0.15) is 5.75 Å². The molecule has 0 radical (unpaired) electrons. The van der Waals surface area contributed by atoms with E-state index in [0.717, 1.165) is 25.0 Å². The molecule has 1 saturated heterocycles. The van der Waals surface area contributed by atoms with E-state index in [0.29, 0.717) is 17.9 Å². The molecule has 118 valence electrons. The number of likely N-dealkylation sites (tertiary alicyclic amines) is 1. The molecule has 0 saturated carbocycles. The molecule has 1 fully saturated rings. The molecular formula is C17H26ClNO2. The zero-order chi connectivity index (χ0) is 14.2. The molecule has 1 aromatic carbocycles. The van der Waals surface area contributed by atoms with Crippen LogP contribution in [0, 0.1) is 5.92 Å². The Bertz CT molecular complexity index is 425. The number of aldehydes is 1. The van der Waals surface area contributed by atoms with Gasteiger partial charge >= 0.3 is 0 Å². The van der Waals surface area contributed by atoms with Crippen LogP contribution in [0.4, 0.5) is 0 Å². The van der Waals surface area contributed by atoms with Crippen LogP contribution in [0.3, 0.4) is 0 Å². The van der Waals surface area contributed by atoms with E-state index in [2.05, 4.69) is 11.8 Å². The zero-order valence-electron chi connectivity index (χ0n) is 12.8. The summed E-state index contributed by atoms with van der Waals surface area (Å²) >= 11 is 0. The average Bonchev–Trinajstić information content (AvgIpc) is 2.47. The summed E-state index contributed by atoms with van der Waals surface area (Å²) in [6.45, 7) is 6.69. The van der Waals surface area contributed by atoms with E-state index in [1.807, 2.05) is 18.2 Å². The van der Waals surface area contributed by atoms with Gasteiger partial charge in [-0.1, -0.05) is 19.1 Å². The summed E-state index contributed by atoms with van der Waals surface area (Å²) < 4.78 is 5.69. The molecule has 0 aliphatic carbocycles. The summed E-state index contributed by atoms with van der Waals surface area (Å²) in [4.78, 5) is 13.4. The number of benzene rings is 1. The summed E-state index contributed by atoms with van der Waals surface area (Å²) in [5, 5.41) is 0. The van der Waals surface area contributed by atoms with Gasteiger partial charge in [-0.15, -0.1) is 12.4 Å². The number of halogens is 1. The molecular weight excluding hydrogens is 286 g/mol. The fraction of sp³-hybridized carbons (Fsp3) is 0.588. The average molecular weight is 312 g/mol. The Hall–Kier alpha value is -1.06. The number of piperidine rings is 1. The largest absolute Gasteiger partial charge is 0.493 e. The van der Waals surface area contributed by atoms with Crippen molar-refractivity contribution in [1.29, 1.82) is 0 Å². The summed E-state index contributed by atoms with van der Waals surface area (Å²) in [7, 11) is 0. The Kier molecular flexibility index (Phi) is 8.40. The van der Waals surface area contributed by atoms with Gasteiger partial charge in [0, 0.05) is 6.54 Å². The smallest absolute Gasteiger partial charge is 0.153 e. The van der Waals surface area contributed by atoms with Crippen LogP contribution < -0.4 is 4.74 Å². The van der Waals surface area contributed by atoms with Gasteiger partial charge in [0.25, 0.3) is 0 Å². The quantitative estimate of drug-likeness (QED) is 0.566. The Balaban J connectivity index is 0.00000220. The monoisotopic (exact) mass is 311 g/mol. The number of ether oxygens (including phenoxy) is 1. The molecule has 1 aliphatic heterocycles. The van der Waals surface area contributed by atoms with Gasteiger partial charge in [0.2, 0.25) is 0 Å². The second-order valence-corrected chi connectivity index (χ2v) is 5.76. The molecule has 3 nitrogen and oxygen atoms in total. The summed E-state index contributed by atoms with van der Waals surface area (Å²) in [6.07, 6.45) is 5.77. The van der Waals surface area contributed by atoms with Gasteiger partial charge < -0.3 is 9.64 Å². The van der Waals surface area contributed by atoms with Crippen LogP contribution in [0.15, 0.2) is 24.3 Å². The topological polar surface area (TPSA) is 29.5 Å². The predicted molar refractivity (Wildman–Crippen MR) is 88.6 cm³/mol. The molecule has 1 aromatic rings. The van der Waals surface area contributed by atoms with Crippen LogP contribution in [-0.2, 0) is 0 Å². The molecule has 2 rings (SSSR count). The Labute approximate surface area is 134 Å². The number of unbranched alkanes of at least 4 members (excludes halogenated alkanes) is 1. The minimum atomic E-state index is 0. The summed E-state index contributed by atoms with van der Waals surface area (Å²) in [5.41, 5.74) is 0.636. The van der Waals surface area contributed by atoms with Crippen LogP contribution >= 0.6 is 12.4 Å². The highest BCUT2D eigenvalue weighted by Gasteiger charge is 2.15. The number of hydrogen-bond acceptors (Lipinski definition) is 3. The molecule has 1 aliphatic rings. The van der Waals surface area contributed by atoms with Gasteiger partial charge in [-0.2, -0.15) is 0 Å². The van der Waals surface area contributed by atoms with E-state index in [1.165, 1.54) is 32.5 Å². The predicted octanol–water partition coefficient (Wildman–Crippen LogP) is 3.81. The van der Waals surface area contributed by atoms with Gasteiger partial charge in [-0.05, 0) is 56.8 Å². The van der Waals surface area contributed by atoms with E-state index in [1.54, 1.807) is 6.07 Å². The van der Waals surface area contributed by atoms with Crippen LogP contribution in [0.25, 0.3) is 0 Å². The lowest BCUT2D eigenvalue weighted by Gasteiger charge is -2.30. The highest BCUT2D eigenvalue weighted by Crippen LogP contribution is 2.17. The molecule has 0 aromatic heterocycles. The van der Waals surface area contributed by atoms with Gasteiger partial charge in [0.15, 0.2) is 6.29 Å². The second kappa shape index (κ2) is 9.80. The van der Waals surface area contributed by atoms with Crippen LogP contribution in [-0.4, -0.2) is 37.4 Å². The van der Waals surface area contributed by atoms with Crippen LogP contribution in [0.5, 0.6) is 5.75 Å². The van der Waals surface area contributed by atoms with Crippen molar-refractivity contribution in [2.45, 2.75) is 32.6 Å². The number of nitrogens with zero attached hydrogens (tertiary/aromatic N) is 1. The first-order valence-corrected chi connectivity index (χ1v) is 7.69. The maximum atomic E-state index is 10.9. The minimum Gasteiger partial charge on any atom is -0.493 e. The van der Waals surface area contributed by atoms with Crippen molar-refractivity contribution in [3.8, 4) is 5.75 Å².